The molecule has 0 spiro atoms. The van der Waals surface area contributed by atoms with Crippen molar-refractivity contribution in [3.8, 4) is 0 Å². The lowest BCUT2D eigenvalue weighted by Crippen LogP contribution is -2.50. The second-order valence-corrected chi connectivity index (χ2v) is 8.42. The summed E-state index contributed by atoms with van der Waals surface area (Å²) in [6.45, 7) is 10.5. The number of aromatic nitrogens is 1. The number of hydrogen-bond acceptors (Lipinski definition) is 4. The Hall–Kier alpha value is -2.63. The van der Waals surface area contributed by atoms with Crippen molar-refractivity contribution in [3.05, 3.63) is 52.7 Å². The monoisotopic (exact) mass is 383 g/mol. The number of benzene rings is 1. The number of aryl methyl sites for hydroxylation is 2. The molecule has 6 nitrogen and oxygen atoms in total. The van der Waals surface area contributed by atoms with Gasteiger partial charge in [-0.1, -0.05) is 52.0 Å². The van der Waals surface area contributed by atoms with Gasteiger partial charge in [-0.2, -0.15) is 0 Å². The number of nitrogens with one attached hydrogen (secondary N) is 1. The molecule has 3 rings (SSSR count). The maximum Gasteiger partial charge on any atom is 0.325 e. The third-order valence-corrected chi connectivity index (χ3v) is 5.10. The standard InChI is InChI=1S/C22H29N3O3/c1-6-7-19-23-14(2)18(28-19)13-25-20(26)12-17(24-21(25)27)15-8-10-16(11-9-15)22(3,4)5/h8-11,17H,6-7,12-13H2,1-5H3,(H,24,27). The largest absolute Gasteiger partial charge is 0.444 e. The molecule has 2 heterocycles. The molecule has 3 amide bonds. The van der Waals surface area contributed by atoms with Crippen LogP contribution in [0, 0.1) is 6.92 Å². The molecule has 0 bridgehead atoms. The van der Waals surface area contributed by atoms with Crippen molar-refractivity contribution >= 4 is 11.9 Å². The van der Waals surface area contributed by atoms with Crippen LogP contribution in [0.15, 0.2) is 28.7 Å². The molecule has 1 saturated heterocycles. The van der Waals surface area contributed by atoms with Crippen molar-refractivity contribution < 1.29 is 14.0 Å². The molecule has 150 valence electrons. The van der Waals surface area contributed by atoms with Crippen LogP contribution in [0.4, 0.5) is 4.79 Å². The van der Waals surface area contributed by atoms with E-state index in [9.17, 15) is 9.59 Å². The number of oxazole rings is 1. The first-order valence-corrected chi connectivity index (χ1v) is 9.85. The highest BCUT2D eigenvalue weighted by Gasteiger charge is 2.34. The van der Waals surface area contributed by atoms with Crippen molar-refractivity contribution in [1.82, 2.24) is 15.2 Å². The normalized spacial score (nSPS) is 17.8. The van der Waals surface area contributed by atoms with Gasteiger partial charge in [0, 0.05) is 6.42 Å². The minimum atomic E-state index is -0.394. The lowest BCUT2D eigenvalue weighted by molar-refractivity contribution is -0.131. The van der Waals surface area contributed by atoms with E-state index in [0.717, 1.165) is 24.1 Å². The molecule has 1 aromatic heterocycles. The molecule has 0 radical (unpaired) electrons. The lowest BCUT2D eigenvalue weighted by Gasteiger charge is -2.31. The highest BCUT2D eigenvalue weighted by atomic mass is 16.4. The number of rotatable bonds is 5. The van der Waals surface area contributed by atoms with Crippen LogP contribution in [-0.4, -0.2) is 21.8 Å². The van der Waals surface area contributed by atoms with E-state index in [4.69, 9.17) is 4.42 Å². The molecule has 1 fully saturated rings. The molecule has 2 aromatic rings. The molecule has 6 heteroatoms. The highest BCUT2D eigenvalue weighted by Crippen LogP contribution is 2.27. The summed E-state index contributed by atoms with van der Waals surface area (Å²) in [7, 11) is 0. The molecule has 1 aliphatic heterocycles. The third-order valence-electron chi connectivity index (χ3n) is 5.10. The van der Waals surface area contributed by atoms with Crippen molar-refractivity contribution in [2.24, 2.45) is 0 Å². The minimum Gasteiger partial charge on any atom is -0.444 e. The number of carbonyl (C=O) groups is 2. The summed E-state index contributed by atoms with van der Waals surface area (Å²) >= 11 is 0. The first kappa shape index (κ1) is 20.1. The zero-order valence-electron chi connectivity index (χ0n) is 17.3. The Labute approximate surface area is 166 Å². The van der Waals surface area contributed by atoms with E-state index in [0.29, 0.717) is 11.7 Å². The van der Waals surface area contributed by atoms with E-state index in [1.54, 1.807) is 0 Å². The van der Waals surface area contributed by atoms with Gasteiger partial charge < -0.3 is 9.73 Å². The van der Waals surface area contributed by atoms with Crippen LogP contribution in [0.3, 0.4) is 0 Å². The first-order chi connectivity index (χ1) is 13.2. The van der Waals surface area contributed by atoms with Gasteiger partial charge in [-0.05, 0) is 29.9 Å². The van der Waals surface area contributed by atoms with E-state index >= 15 is 0 Å². The van der Waals surface area contributed by atoms with Gasteiger partial charge in [0.05, 0.1) is 24.7 Å². The van der Waals surface area contributed by atoms with Gasteiger partial charge in [-0.25, -0.2) is 9.78 Å². The molecule has 0 aliphatic carbocycles. The second-order valence-electron chi connectivity index (χ2n) is 8.42. The fourth-order valence-corrected chi connectivity index (χ4v) is 3.35. The number of imide groups is 1. The van der Waals surface area contributed by atoms with Gasteiger partial charge in [0.1, 0.15) is 5.76 Å². The Morgan fingerprint density at radius 2 is 1.89 bits per heavy atom. The van der Waals surface area contributed by atoms with Crippen molar-refractivity contribution in [2.45, 2.75) is 71.9 Å². The van der Waals surface area contributed by atoms with Gasteiger partial charge in [0.2, 0.25) is 5.91 Å². The van der Waals surface area contributed by atoms with Crippen LogP contribution in [0.1, 0.15) is 75.1 Å². The summed E-state index contributed by atoms with van der Waals surface area (Å²) in [5.41, 5.74) is 2.95. The zero-order chi connectivity index (χ0) is 20.5. The molecular weight excluding hydrogens is 354 g/mol. The van der Waals surface area contributed by atoms with Crippen LogP contribution in [0.2, 0.25) is 0 Å². The highest BCUT2D eigenvalue weighted by molar-refractivity contribution is 5.97. The summed E-state index contributed by atoms with van der Waals surface area (Å²) in [6.07, 6.45) is 1.90. The van der Waals surface area contributed by atoms with Gasteiger partial charge in [0.15, 0.2) is 5.89 Å². The fraction of sp³-hybridized carbons (Fsp3) is 0.500. The molecule has 0 saturated carbocycles. The van der Waals surface area contributed by atoms with E-state index in [1.807, 2.05) is 19.1 Å². The minimum absolute atomic E-state index is 0.0620. The lowest BCUT2D eigenvalue weighted by atomic mass is 9.86. The van der Waals surface area contributed by atoms with Gasteiger partial charge in [-0.15, -0.1) is 0 Å². The SMILES string of the molecule is CCCc1nc(C)c(CN2C(=O)CC(c3ccc(C(C)(C)C)cc3)NC2=O)o1. The summed E-state index contributed by atoms with van der Waals surface area (Å²) in [6, 6.07) is 7.40. The summed E-state index contributed by atoms with van der Waals surface area (Å²) in [4.78, 5) is 30.8. The predicted octanol–water partition coefficient (Wildman–Crippen LogP) is 4.42. The van der Waals surface area contributed by atoms with Crippen LogP contribution < -0.4 is 5.32 Å². The van der Waals surface area contributed by atoms with E-state index in [-0.39, 0.29) is 30.3 Å². The smallest absolute Gasteiger partial charge is 0.325 e. The predicted molar refractivity (Wildman–Crippen MR) is 107 cm³/mol. The Morgan fingerprint density at radius 1 is 1.21 bits per heavy atom. The molecule has 1 atom stereocenters. The Balaban J connectivity index is 1.70. The Kier molecular flexibility index (Phi) is 5.59. The average molecular weight is 383 g/mol. The quantitative estimate of drug-likeness (QED) is 0.829. The van der Waals surface area contributed by atoms with E-state index in [1.165, 1.54) is 10.5 Å². The van der Waals surface area contributed by atoms with E-state index in [2.05, 4.69) is 50.1 Å². The summed E-state index contributed by atoms with van der Waals surface area (Å²) < 4.78 is 5.73. The maximum atomic E-state index is 12.7. The first-order valence-electron chi connectivity index (χ1n) is 9.85. The fourth-order valence-electron chi connectivity index (χ4n) is 3.35. The molecular formula is C22H29N3O3. The average Bonchev–Trinajstić information content (AvgIpc) is 2.97. The van der Waals surface area contributed by atoms with Gasteiger partial charge in [-0.3, -0.25) is 9.69 Å². The maximum absolute atomic E-state index is 12.7. The summed E-state index contributed by atoms with van der Waals surface area (Å²) in [5, 5.41) is 2.95. The Morgan fingerprint density at radius 3 is 2.46 bits per heavy atom. The number of urea groups is 1. The Bertz CT molecular complexity index is 844. The van der Waals surface area contributed by atoms with Crippen LogP contribution in [-0.2, 0) is 23.2 Å². The second kappa shape index (κ2) is 7.78. The van der Waals surface area contributed by atoms with E-state index < -0.39 is 6.03 Å². The number of nitrogens with zero attached hydrogens (tertiary/aromatic N) is 2. The van der Waals surface area contributed by atoms with Crippen LogP contribution in [0.25, 0.3) is 0 Å². The van der Waals surface area contributed by atoms with Gasteiger partial charge in [0.25, 0.3) is 0 Å². The number of hydrogen-bond donors (Lipinski definition) is 1. The van der Waals surface area contributed by atoms with Crippen molar-refractivity contribution in [3.63, 3.8) is 0 Å². The molecule has 1 aliphatic rings. The van der Waals surface area contributed by atoms with Crippen LogP contribution >= 0.6 is 0 Å². The number of carbonyl (C=O) groups excluding carboxylic acids is 2. The van der Waals surface area contributed by atoms with Crippen molar-refractivity contribution in [2.75, 3.05) is 0 Å². The van der Waals surface area contributed by atoms with Crippen molar-refractivity contribution in [1.29, 1.82) is 0 Å². The number of amides is 3. The zero-order valence-corrected chi connectivity index (χ0v) is 17.3. The molecule has 28 heavy (non-hydrogen) atoms. The van der Waals surface area contributed by atoms with Crippen LogP contribution in [0.5, 0.6) is 0 Å². The topological polar surface area (TPSA) is 75.4 Å². The third kappa shape index (κ3) is 4.26. The summed E-state index contributed by atoms with van der Waals surface area (Å²) in [5.74, 6) is 1.01. The van der Waals surface area contributed by atoms with Gasteiger partial charge >= 0.3 is 6.03 Å². The molecule has 1 unspecified atom stereocenters. The molecule has 1 aromatic carbocycles. The molecule has 1 N–H and O–H groups in total.